The normalized spacial score (nSPS) is 11.4. The Bertz CT molecular complexity index is 1080. The van der Waals surface area contributed by atoms with Crippen LogP contribution in [0.3, 0.4) is 0 Å². The van der Waals surface area contributed by atoms with Gasteiger partial charge in [-0.25, -0.2) is 9.50 Å². The Morgan fingerprint density at radius 3 is 2.73 bits per heavy atom. The van der Waals surface area contributed by atoms with E-state index < -0.39 is 0 Å². The number of pyridine rings is 1. The fourth-order valence-electron chi connectivity index (χ4n) is 2.67. The number of hydrogen-bond donors (Lipinski definition) is 0. The molecule has 0 saturated carbocycles. The molecule has 0 aliphatic carbocycles. The highest BCUT2D eigenvalue weighted by Gasteiger charge is 2.15. The van der Waals surface area contributed by atoms with E-state index in [1.807, 2.05) is 43.3 Å². The molecule has 1 aromatic carbocycles. The van der Waals surface area contributed by atoms with Gasteiger partial charge in [0.05, 0.1) is 11.2 Å². The molecule has 0 amide bonds. The van der Waals surface area contributed by atoms with Crippen LogP contribution in [0.4, 0.5) is 0 Å². The van der Waals surface area contributed by atoms with E-state index in [0.29, 0.717) is 15.8 Å². The summed E-state index contributed by atoms with van der Waals surface area (Å²) in [5.74, 6) is 0. The summed E-state index contributed by atoms with van der Waals surface area (Å²) in [5, 5.41) is 4.32. The van der Waals surface area contributed by atoms with Crippen molar-refractivity contribution in [1.82, 2.24) is 19.2 Å². The number of para-hydroxylation sites is 1. The summed E-state index contributed by atoms with van der Waals surface area (Å²) >= 11 is 3.33. The molecule has 0 spiro atoms. The van der Waals surface area contributed by atoms with Crippen LogP contribution in [0.25, 0.3) is 22.4 Å². The molecule has 0 radical (unpaired) electrons. The fourth-order valence-corrected chi connectivity index (χ4v) is 3.05. The predicted octanol–water partition coefficient (Wildman–Crippen LogP) is 3.10. The predicted molar refractivity (Wildman–Crippen MR) is 88.5 cm³/mol. The third-order valence-corrected chi connectivity index (χ3v) is 4.05. The van der Waals surface area contributed by atoms with Gasteiger partial charge in [0.15, 0.2) is 5.65 Å². The van der Waals surface area contributed by atoms with Gasteiger partial charge in [-0.15, -0.1) is 0 Å². The molecule has 108 valence electrons. The minimum absolute atomic E-state index is 0.118. The van der Waals surface area contributed by atoms with Crippen LogP contribution in [-0.2, 0) is 0 Å². The standard InChI is InChI=1S/C16H11BrN4O/c1-10-5-2-3-6-11(10)20-12-7-4-8-18-15(12)21-13(16(20)22)9-14(17)19-21/h2-9H,1H3. The van der Waals surface area contributed by atoms with Crippen LogP contribution in [-0.4, -0.2) is 19.2 Å². The maximum Gasteiger partial charge on any atom is 0.281 e. The molecule has 4 rings (SSSR count). The summed E-state index contributed by atoms with van der Waals surface area (Å²) in [6, 6.07) is 13.2. The lowest BCUT2D eigenvalue weighted by molar-refractivity contribution is 0.921. The lowest BCUT2D eigenvalue weighted by Crippen LogP contribution is -2.22. The lowest BCUT2D eigenvalue weighted by atomic mass is 10.2. The van der Waals surface area contributed by atoms with Gasteiger partial charge in [0.1, 0.15) is 10.1 Å². The molecule has 0 aliphatic rings. The summed E-state index contributed by atoms with van der Waals surface area (Å²) in [5.41, 5.74) is 3.62. The molecular weight excluding hydrogens is 344 g/mol. The number of nitrogens with zero attached hydrogens (tertiary/aromatic N) is 4. The zero-order valence-corrected chi connectivity index (χ0v) is 13.3. The van der Waals surface area contributed by atoms with Crippen molar-refractivity contribution >= 4 is 32.6 Å². The summed E-state index contributed by atoms with van der Waals surface area (Å²) in [6.07, 6.45) is 1.70. The van der Waals surface area contributed by atoms with Crippen molar-refractivity contribution in [2.75, 3.05) is 0 Å². The number of hydrogen-bond acceptors (Lipinski definition) is 3. The topological polar surface area (TPSA) is 52.2 Å². The minimum atomic E-state index is -0.118. The number of aryl methyl sites for hydroxylation is 1. The van der Waals surface area contributed by atoms with Crippen LogP contribution in [0.2, 0.25) is 0 Å². The molecule has 0 saturated heterocycles. The second kappa shape index (κ2) is 4.78. The number of benzene rings is 1. The fraction of sp³-hybridized carbons (Fsp3) is 0.0625. The first-order valence-electron chi connectivity index (χ1n) is 6.78. The molecule has 6 heteroatoms. The Labute approximate surface area is 134 Å². The summed E-state index contributed by atoms with van der Waals surface area (Å²) in [7, 11) is 0. The van der Waals surface area contributed by atoms with E-state index in [1.165, 1.54) is 0 Å². The molecule has 0 atom stereocenters. The first-order valence-corrected chi connectivity index (χ1v) is 7.57. The van der Waals surface area contributed by atoms with Crippen LogP contribution in [0.1, 0.15) is 5.56 Å². The van der Waals surface area contributed by atoms with Gasteiger partial charge in [-0.05, 0) is 46.6 Å². The average molecular weight is 355 g/mol. The monoisotopic (exact) mass is 354 g/mol. The van der Waals surface area contributed by atoms with Crippen molar-refractivity contribution < 1.29 is 0 Å². The Balaban J connectivity index is 2.29. The zero-order chi connectivity index (χ0) is 15.3. The lowest BCUT2D eigenvalue weighted by Gasteiger charge is -2.13. The molecule has 0 aliphatic heterocycles. The van der Waals surface area contributed by atoms with E-state index in [-0.39, 0.29) is 5.56 Å². The van der Waals surface area contributed by atoms with E-state index in [0.717, 1.165) is 16.8 Å². The van der Waals surface area contributed by atoms with E-state index in [9.17, 15) is 4.79 Å². The molecule has 0 N–H and O–H groups in total. The van der Waals surface area contributed by atoms with E-state index in [1.54, 1.807) is 21.3 Å². The first kappa shape index (κ1) is 13.2. The summed E-state index contributed by atoms with van der Waals surface area (Å²) < 4.78 is 3.89. The first-order chi connectivity index (χ1) is 10.7. The van der Waals surface area contributed by atoms with Crippen LogP contribution < -0.4 is 5.56 Å². The Kier molecular flexibility index (Phi) is 2.87. The van der Waals surface area contributed by atoms with Crippen molar-refractivity contribution in [3.8, 4) is 5.69 Å². The van der Waals surface area contributed by atoms with Crippen molar-refractivity contribution in [3.05, 3.63) is 69.2 Å². The van der Waals surface area contributed by atoms with Gasteiger partial charge in [-0.1, -0.05) is 18.2 Å². The highest BCUT2D eigenvalue weighted by molar-refractivity contribution is 9.10. The number of fused-ring (bicyclic) bond motifs is 3. The van der Waals surface area contributed by atoms with Gasteiger partial charge in [-0.2, -0.15) is 5.10 Å². The quantitative estimate of drug-likeness (QED) is 0.527. The van der Waals surface area contributed by atoms with E-state index in [2.05, 4.69) is 26.0 Å². The molecule has 5 nitrogen and oxygen atoms in total. The highest BCUT2D eigenvalue weighted by Crippen LogP contribution is 2.20. The SMILES string of the molecule is Cc1ccccc1-n1c(=O)c2cc(Br)nn2c2ncccc21. The van der Waals surface area contributed by atoms with Crippen LogP contribution in [0.5, 0.6) is 0 Å². The largest absolute Gasteiger partial charge is 0.281 e. The molecule has 0 bridgehead atoms. The maximum atomic E-state index is 13.0. The van der Waals surface area contributed by atoms with E-state index in [4.69, 9.17) is 0 Å². The Morgan fingerprint density at radius 2 is 1.91 bits per heavy atom. The summed E-state index contributed by atoms with van der Waals surface area (Å²) in [4.78, 5) is 17.4. The van der Waals surface area contributed by atoms with Crippen molar-refractivity contribution in [3.63, 3.8) is 0 Å². The molecule has 3 aromatic heterocycles. The second-order valence-corrected chi connectivity index (χ2v) is 5.85. The van der Waals surface area contributed by atoms with Gasteiger partial charge in [0.2, 0.25) is 0 Å². The molecule has 0 fully saturated rings. The second-order valence-electron chi connectivity index (χ2n) is 5.04. The molecule has 3 heterocycles. The maximum absolute atomic E-state index is 13.0. The van der Waals surface area contributed by atoms with Gasteiger partial charge >= 0.3 is 0 Å². The molecule has 0 unspecified atom stereocenters. The van der Waals surface area contributed by atoms with Crippen LogP contribution in [0.15, 0.2) is 58.1 Å². The minimum Gasteiger partial charge on any atom is -0.272 e. The molecule has 4 aromatic rings. The van der Waals surface area contributed by atoms with Crippen LogP contribution >= 0.6 is 15.9 Å². The third-order valence-electron chi connectivity index (χ3n) is 3.67. The van der Waals surface area contributed by atoms with E-state index >= 15 is 0 Å². The number of halogens is 1. The van der Waals surface area contributed by atoms with Gasteiger partial charge in [0, 0.05) is 12.3 Å². The highest BCUT2D eigenvalue weighted by atomic mass is 79.9. The molecule has 22 heavy (non-hydrogen) atoms. The third kappa shape index (κ3) is 1.80. The van der Waals surface area contributed by atoms with Crippen molar-refractivity contribution in [2.24, 2.45) is 0 Å². The van der Waals surface area contributed by atoms with Crippen molar-refractivity contribution in [2.45, 2.75) is 6.92 Å². The Morgan fingerprint density at radius 1 is 1.09 bits per heavy atom. The van der Waals surface area contributed by atoms with Gasteiger partial charge in [0.25, 0.3) is 5.56 Å². The van der Waals surface area contributed by atoms with Gasteiger partial charge < -0.3 is 0 Å². The van der Waals surface area contributed by atoms with Gasteiger partial charge in [-0.3, -0.25) is 9.36 Å². The zero-order valence-electron chi connectivity index (χ0n) is 11.7. The number of rotatable bonds is 1. The van der Waals surface area contributed by atoms with Crippen molar-refractivity contribution in [1.29, 1.82) is 0 Å². The van der Waals surface area contributed by atoms with Crippen LogP contribution in [0, 0.1) is 6.92 Å². The number of aromatic nitrogens is 4. The smallest absolute Gasteiger partial charge is 0.272 e. The Hall–Kier alpha value is -2.47. The average Bonchev–Trinajstić information content (AvgIpc) is 2.92. The molecular formula is C16H11BrN4O. The summed E-state index contributed by atoms with van der Waals surface area (Å²) in [6.45, 7) is 1.99.